The fourth-order valence-electron chi connectivity index (χ4n) is 1.71. The summed E-state index contributed by atoms with van der Waals surface area (Å²) in [6.07, 6.45) is 4.42. The summed E-state index contributed by atoms with van der Waals surface area (Å²) in [5, 5.41) is 0. The molecule has 0 unspecified atom stereocenters. The molecule has 0 radical (unpaired) electrons. The molecular formula is C12H12N2O. The number of hydrogen-bond donors (Lipinski definition) is 0. The molecule has 2 aromatic rings. The smallest absolute Gasteiger partial charge is 0.166 e. The van der Waals surface area contributed by atoms with Crippen molar-refractivity contribution >= 4 is 6.29 Å². The molecule has 0 amide bonds. The highest BCUT2D eigenvalue weighted by atomic mass is 16.1. The van der Waals surface area contributed by atoms with Crippen LogP contribution in [-0.2, 0) is 6.54 Å². The molecule has 15 heavy (non-hydrogen) atoms. The summed E-state index contributed by atoms with van der Waals surface area (Å²) < 4.78 is 1.98. The molecule has 2 heterocycles. The van der Waals surface area contributed by atoms with E-state index in [4.69, 9.17) is 0 Å². The molecule has 0 aromatic carbocycles. The van der Waals surface area contributed by atoms with E-state index in [0.717, 1.165) is 24.1 Å². The Balaban J connectivity index is 2.54. The van der Waals surface area contributed by atoms with Crippen molar-refractivity contribution in [2.45, 2.75) is 13.5 Å². The molecule has 0 saturated heterocycles. The first-order valence-corrected chi connectivity index (χ1v) is 4.92. The molecule has 3 heteroatoms. The molecule has 2 rings (SSSR count). The standard InChI is InChI=1S/C12H12N2O/c1-2-14-11(9-15)5-6-12(14)10-4-3-7-13-8-10/h3-9H,2H2,1H3. The summed E-state index contributed by atoms with van der Waals surface area (Å²) in [6, 6.07) is 7.66. The molecule has 0 atom stereocenters. The minimum absolute atomic E-state index is 0.705. The Morgan fingerprint density at radius 3 is 2.87 bits per heavy atom. The van der Waals surface area contributed by atoms with Crippen LogP contribution in [-0.4, -0.2) is 15.8 Å². The van der Waals surface area contributed by atoms with Gasteiger partial charge in [-0.05, 0) is 31.2 Å². The molecule has 0 spiro atoms. The van der Waals surface area contributed by atoms with Crippen LogP contribution in [0.2, 0.25) is 0 Å². The summed E-state index contributed by atoms with van der Waals surface area (Å²) in [7, 11) is 0. The van der Waals surface area contributed by atoms with E-state index in [2.05, 4.69) is 4.98 Å². The molecule has 0 bridgehead atoms. The van der Waals surface area contributed by atoms with E-state index in [0.29, 0.717) is 5.69 Å². The lowest BCUT2D eigenvalue weighted by Crippen LogP contribution is -2.01. The van der Waals surface area contributed by atoms with Gasteiger partial charge in [0.1, 0.15) is 0 Å². The third-order valence-electron chi connectivity index (χ3n) is 2.41. The quantitative estimate of drug-likeness (QED) is 0.713. The SMILES string of the molecule is CCn1c(C=O)ccc1-c1cccnc1. The third kappa shape index (κ3) is 1.68. The molecule has 0 aliphatic heterocycles. The number of pyridine rings is 1. The largest absolute Gasteiger partial charge is 0.339 e. The zero-order valence-corrected chi connectivity index (χ0v) is 8.55. The lowest BCUT2D eigenvalue weighted by atomic mass is 10.2. The highest BCUT2D eigenvalue weighted by Crippen LogP contribution is 2.20. The van der Waals surface area contributed by atoms with E-state index < -0.39 is 0 Å². The maximum absolute atomic E-state index is 10.8. The lowest BCUT2D eigenvalue weighted by Gasteiger charge is -2.07. The van der Waals surface area contributed by atoms with Crippen LogP contribution in [0.4, 0.5) is 0 Å². The molecule has 0 saturated carbocycles. The van der Waals surface area contributed by atoms with Crippen molar-refractivity contribution in [1.82, 2.24) is 9.55 Å². The molecule has 3 nitrogen and oxygen atoms in total. The number of aromatic nitrogens is 2. The van der Waals surface area contributed by atoms with Gasteiger partial charge in [0, 0.05) is 24.5 Å². The van der Waals surface area contributed by atoms with E-state index in [9.17, 15) is 4.79 Å². The first-order chi connectivity index (χ1) is 7.36. The zero-order chi connectivity index (χ0) is 10.7. The summed E-state index contributed by atoms with van der Waals surface area (Å²) in [5.74, 6) is 0. The fourth-order valence-corrected chi connectivity index (χ4v) is 1.71. The highest BCUT2D eigenvalue weighted by molar-refractivity contribution is 5.76. The second-order valence-corrected chi connectivity index (χ2v) is 3.25. The Morgan fingerprint density at radius 1 is 1.40 bits per heavy atom. The minimum atomic E-state index is 0.705. The van der Waals surface area contributed by atoms with Gasteiger partial charge >= 0.3 is 0 Å². The maximum Gasteiger partial charge on any atom is 0.166 e. The molecular weight excluding hydrogens is 188 g/mol. The third-order valence-corrected chi connectivity index (χ3v) is 2.41. The van der Waals surface area contributed by atoms with Gasteiger partial charge in [-0.2, -0.15) is 0 Å². The Hall–Kier alpha value is -1.90. The van der Waals surface area contributed by atoms with Gasteiger partial charge in [-0.15, -0.1) is 0 Å². The number of nitrogens with zero attached hydrogens (tertiary/aromatic N) is 2. The molecule has 0 aliphatic carbocycles. The number of rotatable bonds is 3. The summed E-state index contributed by atoms with van der Waals surface area (Å²) in [5.41, 5.74) is 2.77. The summed E-state index contributed by atoms with van der Waals surface area (Å²) in [6.45, 7) is 2.80. The van der Waals surface area contributed by atoms with Gasteiger partial charge in [0.15, 0.2) is 6.29 Å². The highest BCUT2D eigenvalue weighted by Gasteiger charge is 2.07. The molecule has 0 N–H and O–H groups in total. The van der Waals surface area contributed by atoms with E-state index in [-0.39, 0.29) is 0 Å². The minimum Gasteiger partial charge on any atom is -0.339 e. The van der Waals surface area contributed by atoms with Crippen LogP contribution in [0.1, 0.15) is 17.4 Å². The van der Waals surface area contributed by atoms with Crippen LogP contribution in [0.5, 0.6) is 0 Å². The first-order valence-electron chi connectivity index (χ1n) is 4.92. The van der Waals surface area contributed by atoms with Crippen LogP contribution in [0.3, 0.4) is 0 Å². The van der Waals surface area contributed by atoms with Crippen molar-refractivity contribution in [2.24, 2.45) is 0 Å². The number of hydrogen-bond acceptors (Lipinski definition) is 2. The lowest BCUT2D eigenvalue weighted by molar-refractivity contribution is 0.111. The Bertz CT molecular complexity index is 460. The van der Waals surface area contributed by atoms with Gasteiger partial charge in [-0.25, -0.2) is 0 Å². The number of carbonyl (C=O) groups excluding carboxylic acids is 1. The second kappa shape index (κ2) is 4.09. The average Bonchev–Trinajstić information content (AvgIpc) is 2.72. The molecule has 76 valence electrons. The summed E-state index contributed by atoms with van der Waals surface area (Å²) >= 11 is 0. The van der Waals surface area contributed by atoms with Gasteiger partial charge in [0.2, 0.25) is 0 Å². The van der Waals surface area contributed by atoms with Gasteiger partial charge in [-0.3, -0.25) is 9.78 Å². The Kier molecular flexibility index (Phi) is 2.63. The monoisotopic (exact) mass is 200 g/mol. The van der Waals surface area contributed by atoms with Crippen molar-refractivity contribution in [3.05, 3.63) is 42.4 Å². The average molecular weight is 200 g/mol. The topological polar surface area (TPSA) is 34.9 Å². The van der Waals surface area contributed by atoms with Gasteiger partial charge in [-0.1, -0.05) is 0 Å². The molecule has 0 fully saturated rings. The van der Waals surface area contributed by atoms with Gasteiger partial charge in [0.05, 0.1) is 11.4 Å². The van der Waals surface area contributed by atoms with Crippen LogP contribution < -0.4 is 0 Å². The van der Waals surface area contributed by atoms with Crippen LogP contribution in [0.25, 0.3) is 11.3 Å². The molecule has 2 aromatic heterocycles. The van der Waals surface area contributed by atoms with Crippen LogP contribution in [0, 0.1) is 0 Å². The van der Waals surface area contributed by atoms with Gasteiger partial charge < -0.3 is 4.57 Å². The van der Waals surface area contributed by atoms with Crippen molar-refractivity contribution < 1.29 is 4.79 Å². The first kappa shape index (κ1) is 9.65. The van der Waals surface area contributed by atoms with E-state index in [1.54, 1.807) is 12.4 Å². The maximum atomic E-state index is 10.8. The van der Waals surface area contributed by atoms with Crippen molar-refractivity contribution in [3.8, 4) is 11.3 Å². The van der Waals surface area contributed by atoms with E-state index in [1.165, 1.54) is 0 Å². The normalized spacial score (nSPS) is 10.2. The Labute approximate surface area is 88.4 Å². The van der Waals surface area contributed by atoms with E-state index >= 15 is 0 Å². The van der Waals surface area contributed by atoms with Crippen LogP contribution in [0.15, 0.2) is 36.7 Å². The second-order valence-electron chi connectivity index (χ2n) is 3.25. The van der Waals surface area contributed by atoms with Crippen LogP contribution >= 0.6 is 0 Å². The van der Waals surface area contributed by atoms with Crippen molar-refractivity contribution in [1.29, 1.82) is 0 Å². The summed E-state index contributed by atoms with van der Waals surface area (Å²) in [4.78, 5) is 14.9. The van der Waals surface area contributed by atoms with Gasteiger partial charge in [0.25, 0.3) is 0 Å². The van der Waals surface area contributed by atoms with E-state index in [1.807, 2.05) is 35.8 Å². The molecule has 0 aliphatic rings. The number of aldehydes is 1. The van der Waals surface area contributed by atoms with Crippen molar-refractivity contribution in [3.63, 3.8) is 0 Å². The Morgan fingerprint density at radius 2 is 2.27 bits per heavy atom. The predicted molar refractivity (Wildman–Crippen MR) is 58.7 cm³/mol. The zero-order valence-electron chi connectivity index (χ0n) is 8.55. The van der Waals surface area contributed by atoms with Crippen molar-refractivity contribution in [2.75, 3.05) is 0 Å². The fraction of sp³-hybridized carbons (Fsp3) is 0.167. The predicted octanol–water partition coefficient (Wildman–Crippen LogP) is 2.38. The number of carbonyl (C=O) groups is 1.